The summed E-state index contributed by atoms with van der Waals surface area (Å²) in [6, 6.07) is 4.29. The van der Waals surface area contributed by atoms with Crippen molar-refractivity contribution in [3.63, 3.8) is 0 Å². The van der Waals surface area contributed by atoms with Gasteiger partial charge in [-0.2, -0.15) is 0 Å². The van der Waals surface area contributed by atoms with Gasteiger partial charge in [-0.15, -0.1) is 0 Å². The Morgan fingerprint density at radius 1 is 1.21 bits per heavy atom. The van der Waals surface area contributed by atoms with Crippen LogP contribution in [0.2, 0.25) is 0 Å². The number of rotatable bonds is 2. The molecule has 1 aromatic carbocycles. The van der Waals surface area contributed by atoms with Gasteiger partial charge in [0.05, 0.1) is 10.6 Å². The van der Waals surface area contributed by atoms with Crippen LogP contribution in [-0.4, -0.2) is 9.97 Å². The second-order valence-electron chi connectivity index (χ2n) is 4.69. The van der Waals surface area contributed by atoms with Crippen molar-refractivity contribution in [2.24, 2.45) is 0 Å². The first-order valence-electron chi connectivity index (χ1n) is 6.00. The number of hydrogen-bond donors (Lipinski definition) is 2. The summed E-state index contributed by atoms with van der Waals surface area (Å²) in [4.78, 5) is 5.82. The molecule has 3 N–H and O–H groups in total. The highest BCUT2D eigenvalue weighted by Gasteiger charge is 2.13. The van der Waals surface area contributed by atoms with E-state index >= 15 is 0 Å². The number of aryl methyl sites for hydroxylation is 4. The second kappa shape index (κ2) is 5.27. The Morgan fingerprint density at radius 3 is 2.26 bits per heavy atom. The van der Waals surface area contributed by atoms with E-state index in [1.807, 2.05) is 6.92 Å². The summed E-state index contributed by atoms with van der Waals surface area (Å²) in [6.45, 7) is 8.18. The lowest BCUT2D eigenvalue weighted by Gasteiger charge is -2.14. The molecule has 0 saturated carbocycles. The third-order valence-electron chi connectivity index (χ3n) is 2.93. The first-order valence-corrected chi connectivity index (χ1v) is 7.23. The van der Waals surface area contributed by atoms with Crippen molar-refractivity contribution in [3.05, 3.63) is 39.4 Å². The number of thiocarbonyl (C=S) groups is 1. The van der Waals surface area contributed by atoms with E-state index in [1.165, 1.54) is 28.0 Å². The van der Waals surface area contributed by atoms with Crippen molar-refractivity contribution in [2.75, 3.05) is 11.1 Å². The summed E-state index contributed by atoms with van der Waals surface area (Å²) in [7, 11) is 0. The van der Waals surface area contributed by atoms with Gasteiger partial charge >= 0.3 is 0 Å². The van der Waals surface area contributed by atoms with Crippen LogP contribution in [0.3, 0.4) is 0 Å². The number of hydrogen-bond acceptors (Lipinski definition) is 4. The van der Waals surface area contributed by atoms with Crippen molar-refractivity contribution in [2.45, 2.75) is 27.7 Å². The third-order valence-corrected chi connectivity index (χ3v) is 4.37. The smallest absolute Gasteiger partial charge is 0.180 e. The average Bonchev–Trinajstić information content (AvgIpc) is 2.62. The van der Waals surface area contributed by atoms with Gasteiger partial charge < -0.3 is 11.1 Å². The molecule has 0 unspecified atom stereocenters. The standard InChI is InChI=1S/C14H17N3S2/c1-7-5-8(2)11(9(3)6-7)17-13(18)12-10(4)16-14(15)19-12/h5-6H,1-4H3,(H2,15,16)(H,17,18). The molecule has 0 spiro atoms. The highest BCUT2D eigenvalue weighted by Crippen LogP contribution is 2.26. The van der Waals surface area contributed by atoms with E-state index in [1.54, 1.807) is 0 Å². The molecule has 0 aliphatic rings. The van der Waals surface area contributed by atoms with Gasteiger partial charge in [-0.1, -0.05) is 41.3 Å². The number of thiazole rings is 1. The molecular formula is C14H17N3S2. The molecule has 2 aromatic rings. The summed E-state index contributed by atoms with van der Waals surface area (Å²) < 4.78 is 0. The molecule has 0 fully saturated rings. The maximum Gasteiger partial charge on any atom is 0.180 e. The minimum absolute atomic E-state index is 0.550. The number of aromatic nitrogens is 1. The van der Waals surface area contributed by atoms with Gasteiger partial charge in [-0.3, -0.25) is 0 Å². The van der Waals surface area contributed by atoms with Crippen molar-refractivity contribution in [3.8, 4) is 0 Å². The van der Waals surface area contributed by atoms with Crippen LogP contribution in [0.15, 0.2) is 12.1 Å². The summed E-state index contributed by atoms with van der Waals surface area (Å²) >= 11 is 6.88. The van der Waals surface area contributed by atoms with Gasteiger partial charge in [0.15, 0.2) is 5.13 Å². The van der Waals surface area contributed by atoms with Gasteiger partial charge in [-0.05, 0) is 38.8 Å². The van der Waals surface area contributed by atoms with Crippen molar-refractivity contribution < 1.29 is 0 Å². The SMILES string of the molecule is Cc1cc(C)c(NC(=S)c2sc(N)nc2C)c(C)c1. The Kier molecular flexibility index (Phi) is 3.87. The van der Waals surface area contributed by atoms with E-state index in [2.05, 4.69) is 43.2 Å². The minimum atomic E-state index is 0.550. The monoisotopic (exact) mass is 291 g/mol. The molecule has 5 heteroatoms. The van der Waals surface area contributed by atoms with E-state index in [-0.39, 0.29) is 0 Å². The van der Waals surface area contributed by atoms with E-state index in [0.717, 1.165) is 16.3 Å². The molecule has 1 heterocycles. The number of nitrogens with one attached hydrogen (secondary N) is 1. The molecule has 1 aromatic heterocycles. The molecular weight excluding hydrogens is 274 g/mol. The molecule has 0 radical (unpaired) electrons. The Labute approximate surface area is 122 Å². The van der Waals surface area contributed by atoms with Crippen LogP contribution in [-0.2, 0) is 0 Å². The second-order valence-corrected chi connectivity index (χ2v) is 6.13. The Balaban J connectivity index is 2.32. The Bertz CT molecular complexity index is 621. The van der Waals surface area contributed by atoms with E-state index in [0.29, 0.717) is 10.1 Å². The topological polar surface area (TPSA) is 50.9 Å². The van der Waals surface area contributed by atoms with E-state index in [9.17, 15) is 0 Å². The van der Waals surface area contributed by atoms with Gasteiger partial charge in [0.25, 0.3) is 0 Å². The predicted octanol–water partition coefficient (Wildman–Crippen LogP) is 3.75. The quantitative estimate of drug-likeness (QED) is 0.827. The summed E-state index contributed by atoms with van der Waals surface area (Å²) in [5.41, 5.74) is 11.3. The van der Waals surface area contributed by atoms with E-state index < -0.39 is 0 Å². The number of nitrogens with two attached hydrogens (primary N) is 1. The minimum Gasteiger partial charge on any atom is -0.375 e. The maximum atomic E-state index is 5.71. The van der Waals surface area contributed by atoms with E-state index in [4.69, 9.17) is 18.0 Å². The first kappa shape index (κ1) is 14.0. The summed E-state index contributed by atoms with van der Waals surface area (Å²) in [5.74, 6) is 0. The fraction of sp³-hybridized carbons (Fsp3) is 0.286. The van der Waals surface area contributed by atoms with Crippen LogP contribution in [0.1, 0.15) is 27.3 Å². The Hall–Kier alpha value is -1.46. The van der Waals surface area contributed by atoms with Crippen molar-refractivity contribution >= 4 is 39.4 Å². The van der Waals surface area contributed by atoms with Gasteiger partial charge in [0.2, 0.25) is 0 Å². The lowest BCUT2D eigenvalue weighted by molar-refractivity contribution is 1.26. The molecule has 3 nitrogen and oxygen atoms in total. The molecule has 0 amide bonds. The molecule has 2 rings (SSSR count). The molecule has 0 aliphatic carbocycles. The lowest BCUT2D eigenvalue weighted by Crippen LogP contribution is -2.12. The molecule has 100 valence electrons. The van der Waals surface area contributed by atoms with Crippen LogP contribution in [0.25, 0.3) is 0 Å². The average molecular weight is 291 g/mol. The first-order chi connectivity index (χ1) is 8.88. The van der Waals surface area contributed by atoms with Crippen LogP contribution in [0.5, 0.6) is 0 Å². The highest BCUT2D eigenvalue weighted by atomic mass is 32.1. The summed E-state index contributed by atoms with van der Waals surface area (Å²) in [6.07, 6.45) is 0. The molecule has 0 aliphatic heterocycles. The van der Waals surface area contributed by atoms with Crippen LogP contribution in [0, 0.1) is 27.7 Å². The number of nitrogens with zero attached hydrogens (tertiary/aromatic N) is 1. The van der Waals surface area contributed by atoms with Gasteiger partial charge in [0, 0.05) is 5.69 Å². The fourth-order valence-corrected chi connectivity index (χ4v) is 3.28. The molecule has 19 heavy (non-hydrogen) atoms. The summed E-state index contributed by atoms with van der Waals surface area (Å²) in [5, 5.41) is 3.87. The number of anilines is 2. The predicted molar refractivity (Wildman–Crippen MR) is 87.2 cm³/mol. The van der Waals surface area contributed by atoms with Crippen molar-refractivity contribution in [1.29, 1.82) is 0 Å². The number of benzene rings is 1. The van der Waals surface area contributed by atoms with Gasteiger partial charge in [0.1, 0.15) is 4.99 Å². The highest BCUT2D eigenvalue weighted by molar-refractivity contribution is 7.81. The maximum absolute atomic E-state index is 5.71. The molecule has 0 bridgehead atoms. The molecule has 0 atom stereocenters. The zero-order valence-electron chi connectivity index (χ0n) is 11.5. The van der Waals surface area contributed by atoms with Crippen LogP contribution in [0.4, 0.5) is 10.8 Å². The number of nitrogen functional groups attached to an aromatic ring is 1. The van der Waals surface area contributed by atoms with Crippen molar-refractivity contribution in [1.82, 2.24) is 4.98 Å². The van der Waals surface area contributed by atoms with Crippen LogP contribution < -0.4 is 11.1 Å². The fourth-order valence-electron chi connectivity index (χ4n) is 2.18. The molecule has 0 saturated heterocycles. The zero-order chi connectivity index (χ0) is 14.2. The normalized spacial score (nSPS) is 10.5. The Morgan fingerprint density at radius 2 is 1.79 bits per heavy atom. The largest absolute Gasteiger partial charge is 0.375 e. The zero-order valence-corrected chi connectivity index (χ0v) is 13.1. The third kappa shape index (κ3) is 2.93. The van der Waals surface area contributed by atoms with Gasteiger partial charge in [-0.25, -0.2) is 4.98 Å². The lowest BCUT2D eigenvalue weighted by atomic mass is 10.1. The van der Waals surface area contributed by atoms with Crippen LogP contribution >= 0.6 is 23.6 Å².